The second-order valence-corrected chi connectivity index (χ2v) is 8.37. The number of benzene rings is 2. The maximum absolute atomic E-state index is 13.0. The van der Waals surface area contributed by atoms with Crippen molar-refractivity contribution < 1.29 is 14.8 Å². The van der Waals surface area contributed by atoms with Crippen molar-refractivity contribution in [2.45, 2.75) is 25.0 Å². The van der Waals surface area contributed by atoms with Crippen LogP contribution in [0.15, 0.2) is 65.7 Å². The number of nitrogens with one attached hydrogen (secondary N) is 2. The first kappa shape index (κ1) is 23.8. The minimum atomic E-state index is -1.28. The van der Waals surface area contributed by atoms with Crippen LogP contribution in [-0.4, -0.2) is 55.3 Å². The molecule has 0 radical (unpaired) electrons. The van der Waals surface area contributed by atoms with E-state index in [-0.39, 0.29) is 55.1 Å². The molecule has 0 spiro atoms. The number of carbonyl (C=O) groups is 1. The number of anilines is 2. The predicted octanol–water partition coefficient (Wildman–Crippen LogP) is 2.56. The van der Waals surface area contributed by atoms with Crippen LogP contribution in [-0.2, 0) is 6.54 Å². The van der Waals surface area contributed by atoms with E-state index in [2.05, 4.69) is 10.3 Å². The van der Waals surface area contributed by atoms with Gasteiger partial charge in [0, 0.05) is 31.1 Å². The molecule has 2 aromatic carbocycles. The number of piperidine rings is 1. The summed E-state index contributed by atoms with van der Waals surface area (Å²) in [6.45, 7) is 0.294. The molecular weight excluding hydrogens is 452 g/mol. The van der Waals surface area contributed by atoms with Crippen molar-refractivity contribution in [3.8, 4) is 0 Å². The third kappa shape index (κ3) is 5.09. The highest BCUT2D eigenvalue weighted by Gasteiger charge is 2.36. The van der Waals surface area contributed by atoms with E-state index in [0.29, 0.717) is 0 Å². The average Bonchev–Trinajstić information content (AvgIpc) is 2.86. The molecule has 0 saturated carbocycles. The zero-order valence-electron chi connectivity index (χ0n) is 18.8. The number of aliphatic hydroxyl groups is 1. The lowest BCUT2D eigenvalue weighted by molar-refractivity contribution is -0.385. The molecule has 1 fully saturated rings. The zero-order valence-corrected chi connectivity index (χ0v) is 18.8. The van der Waals surface area contributed by atoms with Crippen molar-refractivity contribution in [3.63, 3.8) is 0 Å². The first-order valence-corrected chi connectivity index (χ1v) is 11.0. The molecule has 4 rings (SSSR count). The smallest absolute Gasteiger partial charge is 0.282 e. The first-order chi connectivity index (χ1) is 16.8. The van der Waals surface area contributed by atoms with Gasteiger partial charge in [0.05, 0.1) is 23.4 Å². The van der Waals surface area contributed by atoms with Crippen molar-refractivity contribution in [2.75, 3.05) is 18.4 Å². The molecule has 1 amide bonds. The zero-order chi connectivity index (χ0) is 25.0. The highest BCUT2D eigenvalue weighted by atomic mass is 16.6. The molecule has 0 atom stereocenters. The number of hydrogen-bond acceptors (Lipinski definition) is 8. The van der Waals surface area contributed by atoms with Crippen molar-refractivity contribution in [1.29, 1.82) is 5.41 Å². The van der Waals surface area contributed by atoms with Gasteiger partial charge in [-0.2, -0.15) is 0 Å². The molecule has 180 valence electrons. The molecule has 3 N–H and O–H groups in total. The van der Waals surface area contributed by atoms with E-state index >= 15 is 0 Å². The fourth-order valence-electron chi connectivity index (χ4n) is 4.09. The van der Waals surface area contributed by atoms with Gasteiger partial charge < -0.3 is 20.7 Å². The third-order valence-electron chi connectivity index (χ3n) is 6.03. The van der Waals surface area contributed by atoms with Gasteiger partial charge >= 0.3 is 0 Å². The highest BCUT2D eigenvalue weighted by Crippen LogP contribution is 2.27. The molecule has 35 heavy (non-hydrogen) atoms. The SMILES string of the molecule is N=Cc1c(Nc2ccccc2)ncn(CC2(O)CCN(C(=O)c3ccccc3[N+](=O)[O-])CC2)c1=O. The van der Waals surface area contributed by atoms with Crippen LogP contribution in [0, 0.1) is 15.5 Å². The number of nitrogens with zero attached hydrogens (tertiary/aromatic N) is 4. The van der Waals surface area contributed by atoms with Crippen LogP contribution >= 0.6 is 0 Å². The summed E-state index contributed by atoms with van der Waals surface area (Å²) in [4.78, 5) is 42.2. The summed E-state index contributed by atoms with van der Waals surface area (Å²) in [5.41, 5.74) is -1.24. The number of para-hydroxylation sites is 2. The molecule has 0 bridgehead atoms. The lowest BCUT2D eigenvalue weighted by Gasteiger charge is -2.38. The summed E-state index contributed by atoms with van der Waals surface area (Å²) >= 11 is 0. The van der Waals surface area contributed by atoms with Crippen LogP contribution in [0.5, 0.6) is 0 Å². The minimum Gasteiger partial charge on any atom is -0.388 e. The van der Waals surface area contributed by atoms with Gasteiger partial charge in [0.2, 0.25) is 0 Å². The Labute approximate surface area is 200 Å². The van der Waals surface area contributed by atoms with Gasteiger partial charge in [-0.05, 0) is 31.0 Å². The lowest BCUT2D eigenvalue weighted by Crippen LogP contribution is -2.50. The second kappa shape index (κ2) is 9.85. The Morgan fingerprint density at radius 2 is 1.83 bits per heavy atom. The quantitative estimate of drug-likeness (QED) is 0.269. The predicted molar refractivity (Wildman–Crippen MR) is 129 cm³/mol. The monoisotopic (exact) mass is 476 g/mol. The van der Waals surface area contributed by atoms with Crippen molar-refractivity contribution >= 4 is 29.3 Å². The van der Waals surface area contributed by atoms with Crippen LogP contribution in [0.3, 0.4) is 0 Å². The third-order valence-corrected chi connectivity index (χ3v) is 6.03. The largest absolute Gasteiger partial charge is 0.388 e. The summed E-state index contributed by atoms with van der Waals surface area (Å²) < 4.78 is 1.26. The molecule has 1 aliphatic heterocycles. The van der Waals surface area contributed by atoms with E-state index in [4.69, 9.17) is 5.41 Å². The molecule has 1 aromatic heterocycles. The molecule has 1 saturated heterocycles. The van der Waals surface area contributed by atoms with E-state index in [1.807, 2.05) is 30.3 Å². The lowest BCUT2D eigenvalue weighted by atomic mass is 9.90. The molecule has 1 aliphatic rings. The number of amides is 1. The van der Waals surface area contributed by atoms with Crippen LogP contribution < -0.4 is 10.9 Å². The van der Waals surface area contributed by atoms with Gasteiger partial charge in [-0.3, -0.25) is 24.3 Å². The number of carbonyl (C=O) groups excluding carboxylic acids is 1. The maximum atomic E-state index is 13.0. The fourth-order valence-corrected chi connectivity index (χ4v) is 4.09. The van der Waals surface area contributed by atoms with Crippen molar-refractivity contribution in [2.24, 2.45) is 0 Å². The summed E-state index contributed by atoms with van der Waals surface area (Å²) in [6.07, 6.45) is 2.60. The molecule has 3 aromatic rings. The molecule has 0 unspecified atom stereocenters. The highest BCUT2D eigenvalue weighted by molar-refractivity contribution is 5.98. The van der Waals surface area contributed by atoms with E-state index in [0.717, 1.165) is 11.9 Å². The number of nitro benzene ring substituents is 1. The number of hydrogen-bond donors (Lipinski definition) is 3. The summed E-state index contributed by atoms with van der Waals surface area (Å²) in [5, 5.41) is 33.1. The van der Waals surface area contributed by atoms with Gasteiger partial charge in [-0.15, -0.1) is 0 Å². The van der Waals surface area contributed by atoms with E-state index in [9.17, 15) is 24.8 Å². The number of likely N-dealkylation sites (tertiary alicyclic amines) is 1. The fraction of sp³-hybridized carbons (Fsp3) is 0.250. The second-order valence-electron chi connectivity index (χ2n) is 8.37. The molecule has 11 nitrogen and oxygen atoms in total. The van der Waals surface area contributed by atoms with Gasteiger partial charge in [0.25, 0.3) is 17.2 Å². The molecule has 2 heterocycles. The van der Waals surface area contributed by atoms with Crippen LogP contribution in [0.2, 0.25) is 0 Å². The molecular formula is C24H24N6O5. The number of aromatic nitrogens is 2. The Balaban J connectivity index is 1.47. The molecule has 11 heteroatoms. The Bertz CT molecular complexity index is 1320. The van der Waals surface area contributed by atoms with Gasteiger partial charge in [0.15, 0.2) is 0 Å². The summed E-state index contributed by atoms with van der Waals surface area (Å²) in [5.74, 6) is -0.232. The average molecular weight is 476 g/mol. The van der Waals surface area contributed by atoms with Crippen molar-refractivity contribution in [1.82, 2.24) is 14.5 Å². The van der Waals surface area contributed by atoms with Crippen molar-refractivity contribution in [3.05, 3.63) is 92.5 Å². The molecule has 0 aliphatic carbocycles. The minimum absolute atomic E-state index is 0.000453. The summed E-state index contributed by atoms with van der Waals surface area (Å²) in [6, 6.07) is 14.9. The number of nitro groups is 1. The van der Waals surface area contributed by atoms with E-state index < -0.39 is 22.0 Å². The Morgan fingerprint density at radius 3 is 2.49 bits per heavy atom. The van der Waals surface area contributed by atoms with Crippen LogP contribution in [0.1, 0.15) is 28.8 Å². The Hall–Kier alpha value is -4.38. The number of rotatable bonds is 7. The topological polar surface area (TPSA) is 154 Å². The van der Waals surface area contributed by atoms with Gasteiger partial charge in [0.1, 0.15) is 16.9 Å². The summed E-state index contributed by atoms with van der Waals surface area (Å²) in [7, 11) is 0. The standard InChI is InChI=1S/C24H24N6O5/c25-14-19-21(27-17-6-2-1-3-7-17)26-16-29(23(19)32)15-24(33)10-12-28(13-11-24)22(31)18-8-4-5-9-20(18)30(34)35/h1-9,14,16,25,27,33H,10-13,15H2. The normalized spacial score (nSPS) is 14.8. The Kier molecular flexibility index (Phi) is 6.69. The van der Waals surface area contributed by atoms with E-state index in [1.54, 1.807) is 6.07 Å². The van der Waals surface area contributed by atoms with Crippen LogP contribution in [0.25, 0.3) is 0 Å². The maximum Gasteiger partial charge on any atom is 0.282 e. The van der Waals surface area contributed by atoms with E-state index in [1.165, 1.54) is 34.0 Å². The van der Waals surface area contributed by atoms with Gasteiger partial charge in [-0.25, -0.2) is 4.98 Å². The van der Waals surface area contributed by atoms with Crippen LogP contribution in [0.4, 0.5) is 17.2 Å². The van der Waals surface area contributed by atoms with Gasteiger partial charge in [-0.1, -0.05) is 30.3 Å². The first-order valence-electron chi connectivity index (χ1n) is 11.0. The Morgan fingerprint density at radius 1 is 1.17 bits per heavy atom.